The number of hydrogen-bond donors (Lipinski definition) is 2. The van der Waals surface area contributed by atoms with E-state index in [-0.39, 0.29) is 5.96 Å². The molecule has 3 aromatic carbocycles. The van der Waals surface area contributed by atoms with Crippen LogP contribution in [0.5, 0.6) is 0 Å². The molecule has 0 aliphatic carbocycles. The molecule has 4 nitrogen and oxygen atoms in total. The zero-order valence-electron chi connectivity index (χ0n) is 13.9. The first kappa shape index (κ1) is 15.1. The molecule has 0 atom stereocenters. The summed E-state index contributed by atoms with van der Waals surface area (Å²) in [6.45, 7) is 0. The predicted octanol–water partition coefficient (Wildman–Crippen LogP) is 4.24. The first-order valence-corrected chi connectivity index (χ1v) is 8.18. The largest absolute Gasteiger partial charge is 0.373 e. The lowest BCUT2D eigenvalue weighted by atomic mass is 10.2. The number of aromatic nitrogens is 1. The number of amidine groups is 1. The molecule has 122 valence electrons. The summed E-state index contributed by atoms with van der Waals surface area (Å²) in [6, 6.07) is 26.1. The van der Waals surface area contributed by atoms with Gasteiger partial charge in [0.25, 0.3) is 0 Å². The van der Waals surface area contributed by atoms with E-state index in [0.717, 1.165) is 27.4 Å². The number of para-hydroxylation sites is 2. The Hall–Kier alpha value is -3.40. The monoisotopic (exact) mass is 326 g/mol. The van der Waals surface area contributed by atoms with E-state index in [4.69, 9.17) is 5.41 Å². The Morgan fingerprint density at radius 2 is 1.32 bits per heavy atom. The molecule has 0 bridgehead atoms. The molecule has 1 aromatic heterocycles. The fraction of sp³-hybridized carbons (Fsp3) is 0.0476. The molecule has 0 amide bonds. The third kappa shape index (κ3) is 2.58. The lowest BCUT2D eigenvalue weighted by Gasteiger charge is -2.09. The van der Waals surface area contributed by atoms with Gasteiger partial charge < -0.3 is 5.32 Å². The molecule has 4 rings (SSSR count). The fourth-order valence-corrected chi connectivity index (χ4v) is 3.17. The molecule has 0 aliphatic heterocycles. The first-order chi connectivity index (χ1) is 12.3. The minimum absolute atomic E-state index is 0.186. The first-order valence-electron chi connectivity index (χ1n) is 8.18. The zero-order chi connectivity index (χ0) is 17.2. The van der Waals surface area contributed by atoms with Gasteiger partial charge in [-0.15, -0.1) is 0 Å². The Morgan fingerprint density at radius 3 is 1.88 bits per heavy atom. The number of hydrogen-bond acceptors (Lipinski definition) is 1. The Morgan fingerprint density at radius 1 is 0.800 bits per heavy atom. The van der Waals surface area contributed by atoms with Crippen LogP contribution in [0.1, 0.15) is 5.56 Å². The lowest BCUT2D eigenvalue weighted by Crippen LogP contribution is -2.22. The number of benzene rings is 3. The average Bonchev–Trinajstić information content (AvgIpc) is 3.01. The third-order valence-corrected chi connectivity index (χ3v) is 4.29. The minimum atomic E-state index is 0.186. The molecular weight excluding hydrogens is 308 g/mol. The van der Waals surface area contributed by atoms with Crippen molar-refractivity contribution in [3.8, 4) is 0 Å². The Bertz CT molecular complexity index is 1040. The van der Waals surface area contributed by atoms with Crippen LogP contribution in [0.15, 0.2) is 83.9 Å². The molecule has 4 aromatic rings. The van der Waals surface area contributed by atoms with Gasteiger partial charge >= 0.3 is 0 Å². The predicted molar refractivity (Wildman–Crippen MR) is 105 cm³/mol. The smallest absolute Gasteiger partial charge is 0.229 e. The lowest BCUT2D eigenvalue weighted by molar-refractivity contribution is 1.13. The topological polar surface area (TPSA) is 53.2 Å². The highest BCUT2D eigenvalue weighted by molar-refractivity contribution is 6.15. The maximum Gasteiger partial charge on any atom is 0.229 e. The van der Waals surface area contributed by atoms with Crippen molar-refractivity contribution >= 4 is 33.6 Å². The number of nitrogens with zero attached hydrogens (tertiary/aromatic N) is 2. The standard InChI is InChI=1S/C21H18N4/c1-23-20(15-9-3-2-4-10-15)24-21(22)25-18-13-7-5-11-16(18)17-12-6-8-14-19(17)25/h2-14H,1H3,(H2,22,23,24). The van der Waals surface area contributed by atoms with Crippen LogP contribution in [0.4, 0.5) is 0 Å². The van der Waals surface area contributed by atoms with Crippen LogP contribution < -0.4 is 5.32 Å². The molecule has 0 saturated heterocycles. The van der Waals surface area contributed by atoms with Gasteiger partial charge in [0.15, 0.2) is 0 Å². The summed E-state index contributed by atoms with van der Waals surface area (Å²) < 4.78 is 1.89. The second-order valence-corrected chi connectivity index (χ2v) is 5.77. The molecule has 1 heterocycles. The normalized spacial score (nSPS) is 11.8. The third-order valence-electron chi connectivity index (χ3n) is 4.29. The van der Waals surface area contributed by atoms with Gasteiger partial charge in [0.05, 0.1) is 11.0 Å². The zero-order valence-corrected chi connectivity index (χ0v) is 13.9. The van der Waals surface area contributed by atoms with Crippen molar-refractivity contribution in [3.05, 3.63) is 84.4 Å². The van der Waals surface area contributed by atoms with Gasteiger partial charge in [0.1, 0.15) is 5.84 Å². The average molecular weight is 326 g/mol. The molecule has 0 spiro atoms. The van der Waals surface area contributed by atoms with Gasteiger partial charge in [-0.2, -0.15) is 4.99 Å². The van der Waals surface area contributed by atoms with Crippen LogP contribution >= 0.6 is 0 Å². The van der Waals surface area contributed by atoms with Crippen molar-refractivity contribution in [1.82, 2.24) is 9.88 Å². The van der Waals surface area contributed by atoms with Crippen LogP contribution in [-0.4, -0.2) is 23.4 Å². The van der Waals surface area contributed by atoms with Crippen LogP contribution in [-0.2, 0) is 0 Å². The molecule has 2 N–H and O–H groups in total. The maximum absolute atomic E-state index is 8.63. The number of nitrogens with one attached hydrogen (secondary N) is 2. The summed E-state index contributed by atoms with van der Waals surface area (Å²) in [6.07, 6.45) is 0. The van der Waals surface area contributed by atoms with Crippen molar-refractivity contribution in [1.29, 1.82) is 5.41 Å². The highest BCUT2D eigenvalue weighted by atomic mass is 15.2. The van der Waals surface area contributed by atoms with Gasteiger partial charge in [0.2, 0.25) is 5.96 Å². The number of rotatable bonds is 1. The van der Waals surface area contributed by atoms with E-state index in [1.165, 1.54) is 0 Å². The SMILES string of the molecule is CN/C(=N\C(=N)n1c2ccccc2c2ccccc21)c1ccccc1. The molecule has 0 aliphatic rings. The minimum Gasteiger partial charge on any atom is -0.373 e. The van der Waals surface area contributed by atoms with Crippen LogP contribution in [0.2, 0.25) is 0 Å². The molecule has 0 radical (unpaired) electrons. The second kappa shape index (κ2) is 6.24. The Labute approximate surface area is 145 Å². The van der Waals surface area contributed by atoms with Gasteiger partial charge in [0, 0.05) is 23.4 Å². The van der Waals surface area contributed by atoms with Crippen LogP contribution in [0.25, 0.3) is 21.8 Å². The highest BCUT2D eigenvalue weighted by Crippen LogP contribution is 2.28. The van der Waals surface area contributed by atoms with E-state index in [2.05, 4.69) is 22.4 Å². The summed E-state index contributed by atoms with van der Waals surface area (Å²) in [5, 5.41) is 14.0. The van der Waals surface area contributed by atoms with Crippen molar-refractivity contribution < 1.29 is 0 Å². The molecule has 0 fully saturated rings. The van der Waals surface area contributed by atoms with E-state index >= 15 is 0 Å². The van der Waals surface area contributed by atoms with E-state index in [1.807, 2.05) is 78.3 Å². The van der Waals surface area contributed by atoms with Crippen LogP contribution in [0, 0.1) is 5.41 Å². The fourth-order valence-electron chi connectivity index (χ4n) is 3.17. The second-order valence-electron chi connectivity index (χ2n) is 5.77. The van der Waals surface area contributed by atoms with Crippen molar-refractivity contribution in [2.75, 3.05) is 7.05 Å². The van der Waals surface area contributed by atoms with E-state index in [0.29, 0.717) is 5.84 Å². The van der Waals surface area contributed by atoms with Gasteiger partial charge in [-0.1, -0.05) is 66.7 Å². The Balaban J connectivity index is 1.91. The highest BCUT2D eigenvalue weighted by Gasteiger charge is 2.13. The van der Waals surface area contributed by atoms with Crippen molar-refractivity contribution in [3.63, 3.8) is 0 Å². The summed E-state index contributed by atoms with van der Waals surface area (Å²) >= 11 is 0. The molecule has 4 heteroatoms. The summed E-state index contributed by atoms with van der Waals surface area (Å²) in [5.74, 6) is 0.859. The summed E-state index contributed by atoms with van der Waals surface area (Å²) in [4.78, 5) is 4.56. The maximum atomic E-state index is 8.63. The molecule has 25 heavy (non-hydrogen) atoms. The van der Waals surface area contributed by atoms with Crippen molar-refractivity contribution in [2.45, 2.75) is 0 Å². The molecule has 0 saturated carbocycles. The summed E-state index contributed by atoms with van der Waals surface area (Å²) in [5.41, 5.74) is 2.93. The molecular formula is C21H18N4. The quantitative estimate of drug-likeness (QED) is 0.399. The van der Waals surface area contributed by atoms with E-state index in [9.17, 15) is 0 Å². The van der Waals surface area contributed by atoms with Crippen LogP contribution in [0.3, 0.4) is 0 Å². The van der Waals surface area contributed by atoms with Gasteiger partial charge in [-0.3, -0.25) is 9.98 Å². The Kier molecular flexibility index (Phi) is 3.78. The van der Waals surface area contributed by atoms with E-state index < -0.39 is 0 Å². The molecule has 0 unspecified atom stereocenters. The van der Waals surface area contributed by atoms with Gasteiger partial charge in [-0.05, 0) is 12.1 Å². The van der Waals surface area contributed by atoms with Gasteiger partial charge in [-0.25, -0.2) is 0 Å². The van der Waals surface area contributed by atoms with E-state index in [1.54, 1.807) is 0 Å². The van der Waals surface area contributed by atoms with Crippen molar-refractivity contribution in [2.24, 2.45) is 4.99 Å². The summed E-state index contributed by atoms with van der Waals surface area (Å²) in [7, 11) is 1.82. The number of aliphatic imine (C=N–C) groups is 1. The number of fused-ring (bicyclic) bond motifs is 3.